The van der Waals surface area contributed by atoms with Gasteiger partial charge >= 0.3 is 0 Å². The Morgan fingerprint density at radius 2 is 1.89 bits per heavy atom. The lowest BCUT2D eigenvalue weighted by atomic mass is 10.1. The summed E-state index contributed by atoms with van der Waals surface area (Å²) >= 11 is 6.62. The van der Waals surface area contributed by atoms with Crippen LogP contribution in [0.1, 0.15) is 16.7 Å². The zero-order valence-electron chi connectivity index (χ0n) is 15.2. The number of imide groups is 1. The molecule has 6 nitrogen and oxygen atoms in total. The van der Waals surface area contributed by atoms with Crippen molar-refractivity contribution in [2.75, 3.05) is 11.9 Å². The van der Waals surface area contributed by atoms with Crippen molar-refractivity contribution in [3.63, 3.8) is 0 Å². The Morgan fingerprint density at radius 3 is 2.57 bits per heavy atom. The fourth-order valence-electron chi connectivity index (χ4n) is 2.75. The predicted octanol–water partition coefficient (Wildman–Crippen LogP) is 4.34. The van der Waals surface area contributed by atoms with E-state index in [1.165, 1.54) is 24.3 Å². The first kappa shape index (κ1) is 20.0. The maximum Gasteiger partial charge on any atom is 0.294 e. The van der Waals surface area contributed by atoms with E-state index in [4.69, 9.17) is 11.6 Å². The lowest BCUT2D eigenvalue weighted by Gasteiger charge is -2.15. The molecule has 0 aromatic heterocycles. The van der Waals surface area contributed by atoms with Crippen LogP contribution in [0.25, 0.3) is 6.08 Å². The molecule has 0 radical (unpaired) electrons. The third-order valence-corrected chi connectivity index (χ3v) is 5.34. The largest absolute Gasteiger partial charge is 0.507 e. The molecule has 0 aliphatic carbocycles. The molecule has 1 fully saturated rings. The van der Waals surface area contributed by atoms with Crippen molar-refractivity contribution in [1.82, 2.24) is 4.90 Å². The first-order valence-electron chi connectivity index (χ1n) is 8.36. The summed E-state index contributed by atoms with van der Waals surface area (Å²) in [6, 6.07) is 10.0. The van der Waals surface area contributed by atoms with E-state index in [0.29, 0.717) is 28.0 Å². The van der Waals surface area contributed by atoms with Crippen LogP contribution in [0.4, 0.5) is 10.5 Å². The van der Waals surface area contributed by atoms with Gasteiger partial charge in [0.05, 0.1) is 4.91 Å². The molecule has 144 valence electrons. The number of anilines is 1. The van der Waals surface area contributed by atoms with Crippen LogP contribution in [0.2, 0.25) is 5.02 Å². The van der Waals surface area contributed by atoms with Gasteiger partial charge in [0.2, 0.25) is 5.91 Å². The van der Waals surface area contributed by atoms with Crippen LogP contribution >= 0.6 is 23.4 Å². The minimum absolute atomic E-state index is 0.0658. The van der Waals surface area contributed by atoms with E-state index in [1.54, 1.807) is 0 Å². The van der Waals surface area contributed by atoms with Gasteiger partial charge in [0, 0.05) is 16.3 Å². The van der Waals surface area contributed by atoms with E-state index in [9.17, 15) is 19.5 Å². The van der Waals surface area contributed by atoms with Gasteiger partial charge in [-0.2, -0.15) is 0 Å². The second-order valence-corrected chi connectivity index (χ2v) is 7.72. The zero-order chi connectivity index (χ0) is 20.4. The van der Waals surface area contributed by atoms with Crippen molar-refractivity contribution in [3.8, 4) is 5.75 Å². The molecule has 1 aliphatic rings. The summed E-state index contributed by atoms with van der Waals surface area (Å²) in [4.78, 5) is 38.2. The topological polar surface area (TPSA) is 86.7 Å². The van der Waals surface area contributed by atoms with Crippen LogP contribution in [-0.4, -0.2) is 33.6 Å². The van der Waals surface area contributed by atoms with E-state index in [-0.39, 0.29) is 10.7 Å². The summed E-state index contributed by atoms with van der Waals surface area (Å²) < 4.78 is 0. The molecule has 0 saturated carbocycles. The number of thioether (sulfide) groups is 1. The smallest absolute Gasteiger partial charge is 0.294 e. The number of nitrogens with zero attached hydrogens (tertiary/aromatic N) is 1. The number of rotatable bonds is 4. The number of amides is 3. The number of halogens is 1. The minimum Gasteiger partial charge on any atom is -0.507 e. The number of phenols is 1. The molecule has 1 heterocycles. The Hall–Kier alpha value is -2.77. The van der Waals surface area contributed by atoms with Crippen molar-refractivity contribution in [2.45, 2.75) is 13.8 Å². The van der Waals surface area contributed by atoms with Crippen molar-refractivity contribution in [1.29, 1.82) is 0 Å². The molecule has 0 unspecified atom stereocenters. The van der Waals surface area contributed by atoms with Crippen LogP contribution in [-0.2, 0) is 9.59 Å². The maximum absolute atomic E-state index is 12.6. The molecule has 3 rings (SSSR count). The van der Waals surface area contributed by atoms with Crippen molar-refractivity contribution < 1.29 is 19.5 Å². The SMILES string of the molecule is Cc1cccc(C)c1NC(=O)CN1C(=O)S/C(=C/c2cc(Cl)ccc2O)C1=O. The molecule has 8 heteroatoms. The molecule has 1 aliphatic heterocycles. The van der Waals surface area contributed by atoms with Gasteiger partial charge in [-0.3, -0.25) is 19.3 Å². The fraction of sp³-hybridized carbons (Fsp3) is 0.150. The monoisotopic (exact) mass is 416 g/mol. The van der Waals surface area contributed by atoms with Crippen LogP contribution in [0.5, 0.6) is 5.75 Å². The number of nitrogens with one attached hydrogen (secondary N) is 1. The Balaban J connectivity index is 1.76. The molecular formula is C20H17ClN2O4S. The van der Waals surface area contributed by atoms with Gasteiger partial charge in [0.15, 0.2) is 0 Å². The summed E-state index contributed by atoms with van der Waals surface area (Å²) in [5, 5.41) is 12.5. The molecule has 3 amide bonds. The molecule has 1 saturated heterocycles. The maximum atomic E-state index is 12.6. The molecule has 0 bridgehead atoms. The van der Waals surface area contributed by atoms with Gasteiger partial charge in [0.25, 0.3) is 11.1 Å². The zero-order valence-corrected chi connectivity index (χ0v) is 16.7. The normalized spacial score (nSPS) is 15.4. The molecule has 2 aromatic carbocycles. The lowest BCUT2D eigenvalue weighted by Crippen LogP contribution is -2.36. The van der Waals surface area contributed by atoms with E-state index in [2.05, 4.69) is 5.32 Å². The number of phenolic OH excluding ortho intramolecular Hbond substituents is 1. The number of hydrogen-bond donors (Lipinski definition) is 2. The minimum atomic E-state index is -0.592. The van der Waals surface area contributed by atoms with Crippen LogP contribution in [0.15, 0.2) is 41.3 Å². The highest BCUT2D eigenvalue weighted by molar-refractivity contribution is 8.18. The Labute approximate surface area is 171 Å². The summed E-state index contributed by atoms with van der Waals surface area (Å²) in [6.45, 7) is 3.34. The third-order valence-electron chi connectivity index (χ3n) is 4.20. The number of aryl methyl sites for hydroxylation is 2. The predicted molar refractivity (Wildman–Crippen MR) is 110 cm³/mol. The first-order chi connectivity index (χ1) is 13.3. The van der Waals surface area contributed by atoms with Crippen LogP contribution in [0.3, 0.4) is 0 Å². The van der Waals surface area contributed by atoms with Gasteiger partial charge in [-0.25, -0.2) is 0 Å². The van der Waals surface area contributed by atoms with E-state index in [0.717, 1.165) is 16.0 Å². The summed E-state index contributed by atoms with van der Waals surface area (Å²) in [6.07, 6.45) is 1.38. The number of benzene rings is 2. The van der Waals surface area contributed by atoms with Crippen molar-refractivity contribution >= 4 is 52.2 Å². The Bertz CT molecular complexity index is 999. The van der Waals surface area contributed by atoms with Crippen molar-refractivity contribution in [3.05, 3.63) is 63.0 Å². The standard InChI is InChI=1S/C20H17ClN2O4S/c1-11-4-3-5-12(2)18(11)22-17(25)10-23-19(26)16(28-20(23)27)9-13-8-14(21)6-7-15(13)24/h3-9,24H,10H2,1-2H3,(H,22,25)/b16-9+. The molecule has 0 atom stereocenters. The molecular weight excluding hydrogens is 400 g/mol. The Morgan fingerprint density at radius 1 is 1.21 bits per heavy atom. The third kappa shape index (κ3) is 4.21. The Kier molecular flexibility index (Phi) is 5.76. The first-order valence-corrected chi connectivity index (χ1v) is 9.55. The second kappa shape index (κ2) is 8.08. The van der Waals surface area contributed by atoms with Gasteiger partial charge < -0.3 is 10.4 Å². The number of para-hydroxylation sites is 1. The van der Waals surface area contributed by atoms with Crippen LogP contribution < -0.4 is 5.32 Å². The van der Waals surface area contributed by atoms with Gasteiger partial charge in [0.1, 0.15) is 12.3 Å². The van der Waals surface area contributed by atoms with E-state index < -0.39 is 23.6 Å². The average Bonchev–Trinajstić information content (AvgIpc) is 2.89. The quantitative estimate of drug-likeness (QED) is 0.724. The second-order valence-electron chi connectivity index (χ2n) is 6.29. The summed E-state index contributed by atoms with van der Waals surface area (Å²) in [5.41, 5.74) is 2.76. The average molecular weight is 417 g/mol. The van der Waals surface area contributed by atoms with Gasteiger partial charge in [-0.05, 0) is 61.0 Å². The highest BCUT2D eigenvalue weighted by Gasteiger charge is 2.36. The molecule has 28 heavy (non-hydrogen) atoms. The molecule has 0 spiro atoms. The van der Waals surface area contributed by atoms with Gasteiger partial charge in [-0.15, -0.1) is 0 Å². The van der Waals surface area contributed by atoms with Crippen LogP contribution in [0, 0.1) is 13.8 Å². The fourth-order valence-corrected chi connectivity index (χ4v) is 3.76. The number of aromatic hydroxyl groups is 1. The number of hydrogen-bond acceptors (Lipinski definition) is 5. The van der Waals surface area contributed by atoms with E-state index >= 15 is 0 Å². The highest BCUT2D eigenvalue weighted by atomic mass is 35.5. The number of carbonyl (C=O) groups excluding carboxylic acids is 3. The molecule has 2 N–H and O–H groups in total. The van der Waals surface area contributed by atoms with Crippen molar-refractivity contribution in [2.24, 2.45) is 0 Å². The molecule has 2 aromatic rings. The van der Waals surface area contributed by atoms with E-state index in [1.807, 2.05) is 32.0 Å². The summed E-state index contributed by atoms with van der Waals surface area (Å²) in [5.74, 6) is -1.12. The van der Waals surface area contributed by atoms with Gasteiger partial charge in [-0.1, -0.05) is 29.8 Å². The highest BCUT2D eigenvalue weighted by Crippen LogP contribution is 2.34. The lowest BCUT2D eigenvalue weighted by molar-refractivity contribution is -0.127. The summed E-state index contributed by atoms with van der Waals surface area (Å²) in [7, 11) is 0. The number of carbonyl (C=O) groups is 3.